The molecule has 2 unspecified atom stereocenters. The third kappa shape index (κ3) is 4.44. The Balaban J connectivity index is 0.00000180. The van der Waals surface area contributed by atoms with Crippen LogP contribution in [0.15, 0.2) is 4.52 Å². The van der Waals surface area contributed by atoms with Gasteiger partial charge >= 0.3 is 0 Å². The van der Waals surface area contributed by atoms with Gasteiger partial charge in [-0.3, -0.25) is 4.90 Å². The average Bonchev–Trinajstić information content (AvgIpc) is 2.77. The van der Waals surface area contributed by atoms with Crippen LogP contribution in [0.3, 0.4) is 0 Å². The van der Waals surface area contributed by atoms with Crippen molar-refractivity contribution in [3.63, 3.8) is 0 Å². The minimum Gasteiger partial charge on any atom is -0.339 e. The second-order valence-corrected chi connectivity index (χ2v) is 5.25. The molecular weight excluding hydrogens is 264 g/mol. The summed E-state index contributed by atoms with van der Waals surface area (Å²) in [5.41, 5.74) is 6.06. The molecule has 1 aliphatic heterocycles. The molecule has 0 bridgehead atoms. The van der Waals surface area contributed by atoms with E-state index < -0.39 is 0 Å². The van der Waals surface area contributed by atoms with Gasteiger partial charge in [0.2, 0.25) is 5.89 Å². The highest BCUT2D eigenvalue weighted by Gasteiger charge is 2.26. The molecule has 1 fully saturated rings. The average molecular weight is 289 g/mol. The van der Waals surface area contributed by atoms with Crippen molar-refractivity contribution in [2.45, 2.75) is 64.6 Å². The number of aryl methyl sites for hydroxylation is 1. The summed E-state index contributed by atoms with van der Waals surface area (Å²) < 4.78 is 5.22. The van der Waals surface area contributed by atoms with Crippen molar-refractivity contribution in [1.29, 1.82) is 0 Å². The van der Waals surface area contributed by atoms with Crippen molar-refractivity contribution >= 4 is 12.4 Å². The Morgan fingerprint density at radius 2 is 2.26 bits per heavy atom. The highest BCUT2D eigenvalue weighted by atomic mass is 35.5. The van der Waals surface area contributed by atoms with Gasteiger partial charge in [-0.25, -0.2) is 0 Å². The molecule has 1 aliphatic rings. The minimum atomic E-state index is 0. The van der Waals surface area contributed by atoms with E-state index in [4.69, 9.17) is 10.3 Å². The van der Waals surface area contributed by atoms with Gasteiger partial charge in [-0.2, -0.15) is 4.98 Å². The van der Waals surface area contributed by atoms with Gasteiger partial charge in [0, 0.05) is 18.5 Å². The van der Waals surface area contributed by atoms with Crippen LogP contribution in [0.1, 0.15) is 51.2 Å². The van der Waals surface area contributed by atoms with Gasteiger partial charge < -0.3 is 10.3 Å². The maximum Gasteiger partial charge on any atom is 0.226 e. The maximum atomic E-state index is 6.06. The highest BCUT2D eigenvalue weighted by molar-refractivity contribution is 5.85. The lowest BCUT2D eigenvalue weighted by molar-refractivity contribution is 0.118. The van der Waals surface area contributed by atoms with Gasteiger partial charge in [0.15, 0.2) is 5.82 Å². The van der Waals surface area contributed by atoms with E-state index in [9.17, 15) is 0 Å². The van der Waals surface area contributed by atoms with E-state index in [1.165, 1.54) is 19.3 Å². The van der Waals surface area contributed by atoms with Crippen molar-refractivity contribution in [1.82, 2.24) is 15.0 Å². The van der Waals surface area contributed by atoms with Crippen molar-refractivity contribution < 1.29 is 4.52 Å². The molecule has 110 valence electrons. The second kappa shape index (κ2) is 7.82. The monoisotopic (exact) mass is 288 g/mol. The van der Waals surface area contributed by atoms with E-state index in [0.717, 1.165) is 37.6 Å². The summed E-state index contributed by atoms with van der Waals surface area (Å²) in [5, 5.41) is 4.05. The van der Waals surface area contributed by atoms with Crippen LogP contribution >= 0.6 is 12.4 Å². The predicted molar refractivity (Wildman–Crippen MR) is 77.2 cm³/mol. The zero-order chi connectivity index (χ0) is 13.0. The Kier molecular flexibility index (Phi) is 6.75. The number of halogens is 1. The van der Waals surface area contributed by atoms with Crippen molar-refractivity contribution in [3.8, 4) is 0 Å². The molecular formula is C13H25ClN4O. The largest absolute Gasteiger partial charge is 0.339 e. The number of piperidine rings is 1. The van der Waals surface area contributed by atoms with Gasteiger partial charge in [0.1, 0.15) is 0 Å². The van der Waals surface area contributed by atoms with Crippen LogP contribution in [-0.2, 0) is 13.0 Å². The maximum absolute atomic E-state index is 6.06. The topological polar surface area (TPSA) is 68.2 Å². The fraction of sp³-hybridized carbons (Fsp3) is 0.846. The summed E-state index contributed by atoms with van der Waals surface area (Å²) in [4.78, 5) is 6.83. The molecule has 0 aromatic carbocycles. The SMILES string of the molecule is CCCc1nc(CN2CCCCC2C(C)N)no1.Cl. The van der Waals surface area contributed by atoms with Gasteiger partial charge in [0.05, 0.1) is 6.54 Å². The Morgan fingerprint density at radius 1 is 1.47 bits per heavy atom. The Bertz CT molecular complexity index is 369. The molecule has 6 heteroatoms. The van der Waals surface area contributed by atoms with E-state index >= 15 is 0 Å². The minimum absolute atomic E-state index is 0. The summed E-state index contributed by atoms with van der Waals surface area (Å²) >= 11 is 0. The number of aromatic nitrogens is 2. The molecule has 0 saturated carbocycles. The Hall–Kier alpha value is -0.650. The van der Waals surface area contributed by atoms with E-state index in [1.807, 2.05) is 0 Å². The van der Waals surface area contributed by atoms with Crippen LogP contribution in [0.2, 0.25) is 0 Å². The molecule has 1 saturated heterocycles. The third-order valence-electron chi connectivity index (χ3n) is 3.59. The van der Waals surface area contributed by atoms with Crippen LogP contribution in [0.4, 0.5) is 0 Å². The van der Waals surface area contributed by atoms with Crippen molar-refractivity contribution in [2.24, 2.45) is 5.73 Å². The molecule has 2 rings (SSSR count). The number of nitrogens with zero attached hydrogens (tertiary/aromatic N) is 3. The van der Waals surface area contributed by atoms with Gasteiger partial charge in [0.25, 0.3) is 0 Å². The van der Waals surface area contributed by atoms with Crippen molar-refractivity contribution in [2.75, 3.05) is 6.54 Å². The zero-order valence-corrected chi connectivity index (χ0v) is 12.7. The number of likely N-dealkylation sites (tertiary alicyclic amines) is 1. The fourth-order valence-electron chi connectivity index (χ4n) is 2.66. The second-order valence-electron chi connectivity index (χ2n) is 5.25. The molecule has 0 amide bonds. The number of nitrogens with two attached hydrogens (primary N) is 1. The van der Waals surface area contributed by atoms with Crippen LogP contribution in [0.5, 0.6) is 0 Å². The highest BCUT2D eigenvalue weighted by Crippen LogP contribution is 2.20. The third-order valence-corrected chi connectivity index (χ3v) is 3.59. The van der Waals surface area contributed by atoms with Gasteiger partial charge in [-0.15, -0.1) is 12.4 Å². The molecule has 19 heavy (non-hydrogen) atoms. The lowest BCUT2D eigenvalue weighted by Crippen LogP contribution is -2.48. The fourth-order valence-corrected chi connectivity index (χ4v) is 2.66. The quantitative estimate of drug-likeness (QED) is 0.899. The summed E-state index contributed by atoms with van der Waals surface area (Å²) in [7, 11) is 0. The first kappa shape index (κ1) is 16.4. The summed E-state index contributed by atoms with van der Waals surface area (Å²) in [6.07, 6.45) is 5.59. The molecule has 5 nitrogen and oxygen atoms in total. The van der Waals surface area contributed by atoms with Gasteiger partial charge in [-0.05, 0) is 32.7 Å². The first-order valence-corrected chi connectivity index (χ1v) is 7.01. The zero-order valence-electron chi connectivity index (χ0n) is 11.8. The summed E-state index contributed by atoms with van der Waals surface area (Å²) in [6, 6.07) is 0.652. The number of hydrogen-bond acceptors (Lipinski definition) is 5. The van der Waals surface area contributed by atoms with Crippen LogP contribution in [0, 0.1) is 0 Å². The van der Waals surface area contributed by atoms with Crippen LogP contribution in [-0.4, -0.2) is 33.7 Å². The Morgan fingerprint density at radius 3 is 2.95 bits per heavy atom. The molecule has 0 aliphatic carbocycles. The van der Waals surface area contributed by atoms with E-state index in [1.54, 1.807) is 0 Å². The smallest absolute Gasteiger partial charge is 0.226 e. The van der Waals surface area contributed by atoms with Crippen LogP contribution in [0.25, 0.3) is 0 Å². The van der Waals surface area contributed by atoms with Gasteiger partial charge in [-0.1, -0.05) is 18.5 Å². The normalized spacial score (nSPS) is 21.9. The number of hydrogen-bond donors (Lipinski definition) is 1. The van der Waals surface area contributed by atoms with E-state index in [2.05, 4.69) is 28.9 Å². The molecule has 2 heterocycles. The van der Waals surface area contributed by atoms with Crippen LogP contribution < -0.4 is 5.73 Å². The summed E-state index contributed by atoms with van der Waals surface area (Å²) in [6.45, 7) is 6.05. The summed E-state index contributed by atoms with van der Waals surface area (Å²) in [5.74, 6) is 1.55. The van der Waals surface area contributed by atoms with Crippen molar-refractivity contribution in [3.05, 3.63) is 11.7 Å². The molecule has 2 atom stereocenters. The lowest BCUT2D eigenvalue weighted by Gasteiger charge is -2.37. The number of rotatable bonds is 5. The van der Waals surface area contributed by atoms with E-state index in [0.29, 0.717) is 6.04 Å². The van der Waals surface area contributed by atoms with E-state index in [-0.39, 0.29) is 18.4 Å². The standard InChI is InChI=1S/C13H24N4O.ClH/c1-3-6-13-15-12(16-18-13)9-17-8-5-4-7-11(17)10(2)14;/h10-11H,3-9,14H2,1-2H3;1H. The molecule has 2 N–H and O–H groups in total. The lowest BCUT2D eigenvalue weighted by atomic mass is 9.97. The molecule has 0 spiro atoms. The molecule has 0 radical (unpaired) electrons. The Labute approximate surface area is 121 Å². The predicted octanol–water partition coefficient (Wildman–Crippen LogP) is 2.15. The molecule has 1 aromatic heterocycles. The molecule has 1 aromatic rings. The first-order chi connectivity index (χ1) is 8.70. The first-order valence-electron chi connectivity index (χ1n) is 7.01.